The van der Waals surface area contributed by atoms with Crippen LogP contribution in [0.25, 0.3) is 17.0 Å². The van der Waals surface area contributed by atoms with E-state index >= 15 is 0 Å². The van der Waals surface area contributed by atoms with Gasteiger partial charge in [0.25, 0.3) is 5.89 Å². The number of methoxy groups -OCH3 is 1. The molecule has 1 aliphatic rings. The van der Waals surface area contributed by atoms with Crippen molar-refractivity contribution in [2.24, 2.45) is 0 Å². The summed E-state index contributed by atoms with van der Waals surface area (Å²) in [7, 11) is 1.60. The Kier molecular flexibility index (Phi) is 6.25. The standard InChI is InChI=1S/C28H25FN4O3/c1-4-18-6-5-7-22(16-18)33-17(2)24(25(30-28(33)34)19-10-14-23(35-3)15-11-19)27-31-26(32-36-27)20-8-12-21(29)13-9-20/h5-16,25H,4H2,1-3H3,(H,30,34). The van der Waals surface area contributed by atoms with Crippen molar-refractivity contribution in [1.29, 1.82) is 0 Å². The Bertz CT molecular complexity index is 1430. The van der Waals surface area contributed by atoms with Crippen LogP contribution in [0.15, 0.2) is 83.0 Å². The molecule has 3 aromatic carbocycles. The zero-order chi connectivity index (χ0) is 25.2. The van der Waals surface area contributed by atoms with Crippen molar-refractivity contribution in [3.63, 3.8) is 0 Å². The summed E-state index contributed by atoms with van der Waals surface area (Å²) >= 11 is 0. The monoisotopic (exact) mass is 484 g/mol. The molecule has 2 amide bonds. The van der Waals surface area contributed by atoms with E-state index in [0.29, 0.717) is 28.4 Å². The normalized spacial score (nSPS) is 15.7. The first-order chi connectivity index (χ1) is 17.5. The van der Waals surface area contributed by atoms with Crippen molar-refractivity contribution in [3.05, 3.63) is 101 Å². The molecule has 36 heavy (non-hydrogen) atoms. The maximum atomic E-state index is 13.4. The first-order valence-corrected chi connectivity index (χ1v) is 11.6. The molecule has 0 aliphatic carbocycles. The van der Waals surface area contributed by atoms with Gasteiger partial charge in [0.2, 0.25) is 5.82 Å². The molecule has 182 valence electrons. The van der Waals surface area contributed by atoms with Crippen LogP contribution in [-0.2, 0) is 6.42 Å². The van der Waals surface area contributed by atoms with Crippen LogP contribution in [0, 0.1) is 5.82 Å². The first-order valence-electron chi connectivity index (χ1n) is 11.6. The van der Waals surface area contributed by atoms with Gasteiger partial charge in [-0.15, -0.1) is 0 Å². The number of carbonyl (C=O) groups excluding carboxylic acids is 1. The predicted octanol–water partition coefficient (Wildman–Crippen LogP) is 6.15. The minimum atomic E-state index is -0.532. The molecule has 8 heteroatoms. The van der Waals surface area contributed by atoms with Gasteiger partial charge in [-0.2, -0.15) is 4.98 Å². The van der Waals surface area contributed by atoms with E-state index in [2.05, 4.69) is 22.4 Å². The number of carbonyl (C=O) groups is 1. The van der Waals surface area contributed by atoms with E-state index in [9.17, 15) is 9.18 Å². The highest BCUT2D eigenvalue weighted by Crippen LogP contribution is 2.39. The van der Waals surface area contributed by atoms with Gasteiger partial charge in [-0.3, -0.25) is 4.90 Å². The molecule has 0 radical (unpaired) electrons. The lowest BCUT2D eigenvalue weighted by atomic mass is 9.94. The average Bonchev–Trinajstić information content (AvgIpc) is 3.38. The second-order valence-electron chi connectivity index (χ2n) is 8.44. The number of hydrogen-bond acceptors (Lipinski definition) is 5. The van der Waals surface area contributed by atoms with Crippen LogP contribution >= 0.6 is 0 Å². The van der Waals surface area contributed by atoms with Crippen LogP contribution in [0.5, 0.6) is 5.75 Å². The third kappa shape index (κ3) is 4.33. The van der Waals surface area contributed by atoms with Gasteiger partial charge in [-0.1, -0.05) is 36.3 Å². The van der Waals surface area contributed by atoms with Crippen molar-refractivity contribution >= 4 is 17.3 Å². The molecule has 7 nitrogen and oxygen atoms in total. The summed E-state index contributed by atoms with van der Waals surface area (Å²) in [6.45, 7) is 3.93. The SMILES string of the molecule is CCc1cccc(N2C(=O)NC(c3ccc(OC)cc3)C(c3nc(-c4ccc(F)cc4)no3)=C2C)c1. The van der Waals surface area contributed by atoms with Crippen LogP contribution in [0.2, 0.25) is 0 Å². The molecular formula is C28H25FN4O3. The van der Waals surface area contributed by atoms with E-state index < -0.39 is 6.04 Å². The molecule has 0 saturated carbocycles. The lowest BCUT2D eigenvalue weighted by Crippen LogP contribution is -2.46. The summed E-state index contributed by atoms with van der Waals surface area (Å²) in [5.41, 5.74) is 4.65. The average molecular weight is 485 g/mol. The van der Waals surface area contributed by atoms with Gasteiger partial charge >= 0.3 is 6.03 Å². The van der Waals surface area contributed by atoms with Gasteiger partial charge < -0.3 is 14.6 Å². The Morgan fingerprint density at radius 3 is 2.53 bits per heavy atom. The highest BCUT2D eigenvalue weighted by molar-refractivity contribution is 6.01. The summed E-state index contributed by atoms with van der Waals surface area (Å²) in [5, 5.41) is 7.23. The highest BCUT2D eigenvalue weighted by atomic mass is 19.1. The van der Waals surface area contributed by atoms with Crippen molar-refractivity contribution in [2.45, 2.75) is 26.3 Å². The lowest BCUT2D eigenvalue weighted by Gasteiger charge is -2.35. The zero-order valence-electron chi connectivity index (χ0n) is 20.2. The third-order valence-corrected chi connectivity index (χ3v) is 6.27. The summed E-state index contributed by atoms with van der Waals surface area (Å²) in [6.07, 6.45) is 0.845. The summed E-state index contributed by atoms with van der Waals surface area (Å²) < 4.78 is 24.4. The molecule has 0 bridgehead atoms. The van der Waals surface area contributed by atoms with E-state index in [-0.39, 0.29) is 17.7 Å². The Morgan fingerprint density at radius 2 is 1.83 bits per heavy atom. The maximum absolute atomic E-state index is 13.4. The second kappa shape index (κ2) is 9.65. The molecule has 0 spiro atoms. The summed E-state index contributed by atoms with van der Waals surface area (Å²) in [6, 6.07) is 20.4. The van der Waals surface area contributed by atoms with Crippen LogP contribution < -0.4 is 15.0 Å². The van der Waals surface area contributed by atoms with Crippen molar-refractivity contribution in [2.75, 3.05) is 12.0 Å². The molecule has 1 atom stereocenters. The van der Waals surface area contributed by atoms with Gasteiger partial charge in [-0.05, 0) is 73.0 Å². The van der Waals surface area contributed by atoms with E-state index in [4.69, 9.17) is 9.26 Å². The van der Waals surface area contributed by atoms with E-state index in [1.807, 2.05) is 55.5 Å². The number of urea groups is 1. The third-order valence-electron chi connectivity index (χ3n) is 6.27. The zero-order valence-corrected chi connectivity index (χ0v) is 20.2. The molecule has 0 fully saturated rings. The summed E-state index contributed by atoms with van der Waals surface area (Å²) in [4.78, 5) is 19.6. The number of nitrogens with one attached hydrogen (secondary N) is 1. The second-order valence-corrected chi connectivity index (χ2v) is 8.44. The van der Waals surface area contributed by atoms with Gasteiger partial charge in [-0.25, -0.2) is 9.18 Å². The number of aromatic nitrogens is 2. The number of aryl methyl sites for hydroxylation is 1. The van der Waals surface area contributed by atoms with Crippen LogP contribution in [-0.4, -0.2) is 23.3 Å². The van der Waals surface area contributed by atoms with Gasteiger partial charge in [0, 0.05) is 11.3 Å². The highest BCUT2D eigenvalue weighted by Gasteiger charge is 2.36. The number of allylic oxidation sites excluding steroid dienone is 1. The molecule has 4 aromatic rings. The number of ether oxygens (including phenoxy) is 1. The molecule has 2 heterocycles. The van der Waals surface area contributed by atoms with Crippen LogP contribution in [0.4, 0.5) is 14.9 Å². The number of amides is 2. The first kappa shape index (κ1) is 23.3. The summed E-state index contributed by atoms with van der Waals surface area (Å²) in [5.74, 6) is 0.956. The Morgan fingerprint density at radius 1 is 1.08 bits per heavy atom. The number of nitrogens with zero attached hydrogens (tertiary/aromatic N) is 3. The molecule has 0 saturated heterocycles. The number of anilines is 1. The van der Waals surface area contributed by atoms with Crippen molar-refractivity contribution < 1.29 is 18.4 Å². The Labute approximate surface area is 208 Å². The smallest absolute Gasteiger partial charge is 0.326 e. The lowest BCUT2D eigenvalue weighted by molar-refractivity contribution is 0.244. The molecule has 1 N–H and O–H groups in total. The fraction of sp³-hybridized carbons (Fsp3) is 0.179. The van der Waals surface area contributed by atoms with Crippen LogP contribution in [0.3, 0.4) is 0 Å². The van der Waals surface area contributed by atoms with E-state index in [0.717, 1.165) is 23.2 Å². The number of benzene rings is 3. The van der Waals surface area contributed by atoms with Gasteiger partial charge in [0.1, 0.15) is 11.6 Å². The van der Waals surface area contributed by atoms with Crippen molar-refractivity contribution in [3.8, 4) is 17.1 Å². The number of rotatable bonds is 6. The number of halogens is 1. The molecular weight excluding hydrogens is 459 g/mol. The molecule has 1 aromatic heterocycles. The molecule has 1 unspecified atom stereocenters. The van der Waals surface area contributed by atoms with E-state index in [1.54, 1.807) is 24.1 Å². The molecule has 1 aliphatic heterocycles. The largest absolute Gasteiger partial charge is 0.497 e. The predicted molar refractivity (Wildman–Crippen MR) is 135 cm³/mol. The minimum Gasteiger partial charge on any atom is -0.497 e. The van der Waals surface area contributed by atoms with Gasteiger partial charge in [0.05, 0.1) is 24.4 Å². The minimum absolute atomic E-state index is 0.261. The van der Waals surface area contributed by atoms with Gasteiger partial charge in [0.15, 0.2) is 0 Å². The fourth-order valence-electron chi connectivity index (χ4n) is 4.34. The number of hydrogen-bond donors (Lipinski definition) is 1. The fourth-order valence-corrected chi connectivity index (χ4v) is 4.34. The quantitative estimate of drug-likeness (QED) is 0.355. The van der Waals surface area contributed by atoms with Crippen LogP contribution in [0.1, 0.15) is 36.9 Å². The molecule has 5 rings (SSSR count). The topological polar surface area (TPSA) is 80.5 Å². The Balaban J connectivity index is 1.64. The van der Waals surface area contributed by atoms with E-state index in [1.165, 1.54) is 12.1 Å². The van der Waals surface area contributed by atoms with Crippen molar-refractivity contribution in [1.82, 2.24) is 15.5 Å². The Hall–Kier alpha value is -4.46. The maximum Gasteiger partial charge on any atom is 0.326 e.